The lowest BCUT2D eigenvalue weighted by atomic mass is 9.81. The summed E-state index contributed by atoms with van der Waals surface area (Å²) >= 11 is 0. The summed E-state index contributed by atoms with van der Waals surface area (Å²) < 4.78 is 23.0. The number of hydrogen-bond donors (Lipinski definition) is 0. The van der Waals surface area contributed by atoms with Gasteiger partial charge in [0.05, 0.1) is 11.5 Å². The number of hydrogen-bond acceptors (Lipinski definition) is 4. The highest BCUT2D eigenvalue weighted by atomic mass is 32.2. The second kappa shape index (κ2) is 9.74. The first-order chi connectivity index (χ1) is 13.7. The van der Waals surface area contributed by atoms with E-state index in [0.29, 0.717) is 17.4 Å². The van der Waals surface area contributed by atoms with Gasteiger partial charge in [-0.1, -0.05) is 46.8 Å². The third-order valence-corrected chi connectivity index (χ3v) is 8.82. The maximum Gasteiger partial charge on any atom is 0.151 e. The quantitative estimate of drug-likeness (QED) is 0.603. The highest BCUT2D eigenvalue weighted by Crippen LogP contribution is 2.42. The maximum absolute atomic E-state index is 11.5. The van der Waals surface area contributed by atoms with Crippen LogP contribution in [0.1, 0.15) is 65.1 Å². The van der Waals surface area contributed by atoms with Crippen LogP contribution in [0.25, 0.3) is 0 Å². The summed E-state index contributed by atoms with van der Waals surface area (Å²) in [6.07, 6.45) is 8.11. The lowest BCUT2D eigenvalue weighted by Gasteiger charge is -2.47. The standard InChI is InChI=1S/C22H34N2O2S.C2H6/c1-5-21(4,6-2)20-8-7-19(14-23-20)13-18(3)15-24-11-9-22(10-12-24)16-27(25,26)17-22;1-2/h5,7-8,14,18H,1,6,9-13,15-17H2,2-4H3;1-2H3/t18-,21?;/m1./s1. The fourth-order valence-corrected chi connectivity index (χ4v) is 6.97. The smallest absolute Gasteiger partial charge is 0.151 e. The van der Waals surface area contributed by atoms with E-state index in [2.05, 4.69) is 44.4 Å². The van der Waals surface area contributed by atoms with E-state index in [-0.39, 0.29) is 10.8 Å². The molecule has 1 unspecified atom stereocenters. The molecule has 164 valence electrons. The molecule has 3 heterocycles. The Balaban J connectivity index is 0.00000145. The Morgan fingerprint density at radius 3 is 2.34 bits per heavy atom. The van der Waals surface area contributed by atoms with Gasteiger partial charge in [-0.15, -0.1) is 6.58 Å². The topological polar surface area (TPSA) is 50.3 Å². The van der Waals surface area contributed by atoms with Crippen LogP contribution in [0.2, 0.25) is 0 Å². The molecule has 1 aromatic heterocycles. The number of piperidine rings is 1. The molecule has 2 saturated heterocycles. The number of nitrogens with zero attached hydrogens (tertiary/aromatic N) is 2. The van der Waals surface area contributed by atoms with Gasteiger partial charge in [0.1, 0.15) is 0 Å². The van der Waals surface area contributed by atoms with Crippen molar-refractivity contribution in [3.63, 3.8) is 0 Å². The van der Waals surface area contributed by atoms with Gasteiger partial charge >= 0.3 is 0 Å². The molecule has 2 aliphatic heterocycles. The van der Waals surface area contributed by atoms with Crippen molar-refractivity contribution in [2.45, 2.75) is 65.7 Å². The zero-order valence-electron chi connectivity index (χ0n) is 19.1. The molecule has 0 saturated carbocycles. The molecule has 2 fully saturated rings. The van der Waals surface area contributed by atoms with Crippen LogP contribution in [-0.2, 0) is 21.7 Å². The van der Waals surface area contributed by atoms with E-state index in [1.54, 1.807) is 0 Å². The number of aromatic nitrogens is 1. The Hall–Kier alpha value is -1.20. The van der Waals surface area contributed by atoms with Crippen LogP contribution in [-0.4, -0.2) is 49.4 Å². The molecule has 29 heavy (non-hydrogen) atoms. The lowest BCUT2D eigenvalue weighted by molar-refractivity contribution is 0.113. The molecule has 0 aliphatic carbocycles. The summed E-state index contributed by atoms with van der Waals surface area (Å²) in [5.41, 5.74) is 2.43. The average molecular weight is 421 g/mol. The predicted octanol–water partition coefficient (Wildman–Crippen LogP) is 4.65. The van der Waals surface area contributed by atoms with Gasteiger partial charge in [0.25, 0.3) is 0 Å². The van der Waals surface area contributed by atoms with Crippen LogP contribution in [0.15, 0.2) is 31.0 Å². The van der Waals surface area contributed by atoms with Crippen LogP contribution < -0.4 is 0 Å². The second-order valence-electron chi connectivity index (χ2n) is 9.17. The second-order valence-corrected chi connectivity index (χ2v) is 11.2. The fourth-order valence-electron chi connectivity index (χ4n) is 4.61. The molecule has 3 rings (SSSR count). The first-order valence-electron chi connectivity index (χ1n) is 11.2. The Labute approximate surface area is 178 Å². The fraction of sp³-hybridized carbons (Fsp3) is 0.708. The van der Waals surface area contributed by atoms with Gasteiger partial charge in [-0.25, -0.2) is 8.42 Å². The summed E-state index contributed by atoms with van der Waals surface area (Å²) in [4.78, 5) is 7.21. The van der Waals surface area contributed by atoms with Crippen LogP contribution in [0.5, 0.6) is 0 Å². The van der Waals surface area contributed by atoms with Crippen LogP contribution in [0.4, 0.5) is 0 Å². The minimum Gasteiger partial charge on any atom is -0.303 e. The summed E-state index contributed by atoms with van der Waals surface area (Å²) in [5.74, 6) is 1.40. The van der Waals surface area contributed by atoms with Gasteiger partial charge in [-0.05, 0) is 56.3 Å². The zero-order valence-corrected chi connectivity index (χ0v) is 19.9. The van der Waals surface area contributed by atoms with Crippen molar-refractivity contribution in [1.82, 2.24) is 9.88 Å². The van der Waals surface area contributed by atoms with Gasteiger partial charge in [0, 0.05) is 29.3 Å². The minimum absolute atomic E-state index is 0.0527. The molecule has 0 amide bonds. The van der Waals surface area contributed by atoms with Crippen molar-refractivity contribution < 1.29 is 8.42 Å². The molecule has 0 aromatic carbocycles. The average Bonchev–Trinajstić information content (AvgIpc) is 2.70. The first kappa shape index (κ1) is 24.1. The SMILES string of the molecule is C=CC(C)(CC)c1ccc(C[C@@H](C)CN2CCC3(CC2)CS(=O)(=O)C3)cn1.CC. The van der Waals surface area contributed by atoms with Gasteiger partial charge in [0.2, 0.25) is 0 Å². The first-order valence-corrected chi connectivity index (χ1v) is 13.0. The van der Waals surface area contributed by atoms with Crippen LogP contribution in [0.3, 0.4) is 0 Å². The van der Waals surface area contributed by atoms with Gasteiger partial charge < -0.3 is 4.90 Å². The highest BCUT2D eigenvalue weighted by Gasteiger charge is 2.49. The molecule has 2 atom stereocenters. The molecule has 0 N–H and O–H groups in total. The van der Waals surface area contributed by atoms with Crippen molar-refractivity contribution in [1.29, 1.82) is 0 Å². The van der Waals surface area contributed by atoms with Crippen molar-refractivity contribution in [3.8, 4) is 0 Å². The molecular formula is C24H40N2O2S. The molecular weight excluding hydrogens is 380 g/mol. The van der Waals surface area contributed by atoms with Crippen molar-refractivity contribution in [2.24, 2.45) is 11.3 Å². The molecule has 1 aromatic rings. The largest absolute Gasteiger partial charge is 0.303 e. The van der Waals surface area contributed by atoms with Crippen molar-refractivity contribution in [3.05, 3.63) is 42.2 Å². The van der Waals surface area contributed by atoms with Crippen molar-refractivity contribution >= 4 is 9.84 Å². The van der Waals surface area contributed by atoms with E-state index in [9.17, 15) is 8.42 Å². The highest BCUT2D eigenvalue weighted by molar-refractivity contribution is 7.92. The van der Waals surface area contributed by atoms with E-state index in [4.69, 9.17) is 4.98 Å². The molecule has 4 nitrogen and oxygen atoms in total. The Kier molecular flexibility index (Phi) is 8.08. The molecule has 1 spiro atoms. The van der Waals surface area contributed by atoms with Gasteiger partial charge in [0.15, 0.2) is 9.84 Å². The number of pyridine rings is 1. The molecule has 0 radical (unpaired) electrons. The summed E-state index contributed by atoms with van der Waals surface area (Å²) in [5, 5.41) is 0. The molecule has 2 aliphatic rings. The number of sulfone groups is 1. The monoisotopic (exact) mass is 420 g/mol. The van der Waals surface area contributed by atoms with E-state index in [1.807, 2.05) is 26.1 Å². The third-order valence-electron chi connectivity index (χ3n) is 6.72. The summed E-state index contributed by atoms with van der Waals surface area (Å²) in [6.45, 7) is 17.8. The Morgan fingerprint density at radius 2 is 1.90 bits per heavy atom. The summed E-state index contributed by atoms with van der Waals surface area (Å²) in [7, 11) is -2.72. The van der Waals surface area contributed by atoms with Gasteiger partial charge in [-0.2, -0.15) is 0 Å². The van der Waals surface area contributed by atoms with Crippen molar-refractivity contribution in [2.75, 3.05) is 31.1 Å². The predicted molar refractivity (Wildman–Crippen MR) is 123 cm³/mol. The number of rotatable bonds is 7. The van der Waals surface area contributed by atoms with Gasteiger partial charge in [-0.3, -0.25) is 4.98 Å². The Morgan fingerprint density at radius 1 is 1.28 bits per heavy atom. The lowest BCUT2D eigenvalue weighted by Crippen LogP contribution is -2.55. The molecule has 5 heteroatoms. The van der Waals surface area contributed by atoms with E-state index >= 15 is 0 Å². The maximum atomic E-state index is 11.5. The Bertz CT molecular complexity index is 751. The normalized spacial score (nSPS) is 23.2. The third kappa shape index (κ3) is 5.91. The minimum atomic E-state index is -2.72. The summed E-state index contributed by atoms with van der Waals surface area (Å²) in [6, 6.07) is 4.36. The van der Waals surface area contributed by atoms with E-state index < -0.39 is 9.84 Å². The number of allylic oxidation sites excluding steroid dienone is 1. The number of likely N-dealkylation sites (tertiary alicyclic amines) is 1. The van der Waals surface area contributed by atoms with E-state index in [1.165, 1.54) is 5.56 Å². The van der Waals surface area contributed by atoms with Crippen LogP contribution >= 0.6 is 0 Å². The van der Waals surface area contributed by atoms with E-state index in [0.717, 1.165) is 51.0 Å². The molecule has 0 bridgehead atoms. The van der Waals surface area contributed by atoms with Crippen LogP contribution in [0, 0.1) is 11.3 Å². The zero-order chi connectivity index (χ0) is 21.7.